The van der Waals surface area contributed by atoms with Crippen LogP contribution in [0.15, 0.2) is 84.6 Å². The van der Waals surface area contributed by atoms with Crippen LogP contribution in [0, 0.1) is 0 Å². The van der Waals surface area contributed by atoms with E-state index >= 15 is 0 Å². The van der Waals surface area contributed by atoms with Gasteiger partial charge in [-0.15, -0.1) is 0 Å². The average Bonchev–Trinajstić information content (AvgIpc) is 3.05. The molecule has 3 aromatic carbocycles. The molecule has 0 atom stereocenters. The van der Waals surface area contributed by atoms with Crippen LogP contribution in [0.3, 0.4) is 0 Å². The number of nitrogens with zero attached hydrogens (tertiary/aromatic N) is 1. The number of hydrogen-bond acceptors (Lipinski definition) is 5. The van der Waals surface area contributed by atoms with Crippen molar-refractivity contribution < 1.29 is 19.1 Å². The third kappa shape index (κ3) is 3.75. The van der Waals surface area contributed by atoms with Crippen molar-refractivity contribution in [3.05, 3.63) is 90.1 Å². The minimum atomic E-state index is -0.441. The van der Waals surface area contributed by atoms with Gasteiger partial charge in [-0.25, -0.2) is 4.90 Å². The average molecular weight is 414 g/mol. The van der Waals surface area contributed by atoms with Gasteiger partial charge in [0.25, 0.3) is 11.8 Å². The van der Waals surface area contributed by atoms with E-state index in [0.717, 1.165) is 0 Å². The van der Waals surface area contributed by atoms with Gasteiger partial charge < -0.3 is 14.8 Å². The predicted octanol–water partition coefficient (Wildman–Crippen LogP) is 4.49. The Kier molecular flexibility index (Phi) is 5.71. The number of ether oxygens (including phenoxy) is 2. The van der Waals surface area contributed by atoms with E-state index in [1.165, 1.54) is 12.0 Å². The molecule has 1 aliphatic rings. The molecular formula is C25H22N2O4. The standard InChI is InChI=1S/C25H22N2O4/c1-3-31-21-16-10-8-14-19(21)26-23-22(18-13-7-9-15-20(18)30-2)24(28)27(25(23)29)17-11-5-4-6-12-17/h4-16,26H,3H2,1-2H3. The molecule has 0 saturated heterocycles. The van der Waals surface area contributed by atoms with Gasteiger partial charge in [0, 0.05) is 5.56 Å². The van der Waals surface area contributed by atoms with Gasteiger partial charge in [0.15, 0.2) is 0 Å². The molecule has 0 bridgehead atoms. The molecule has 2 amide bonds. The number of para-hydroxylation sites is 4. The first kappa shape index (κ1) is 20.2. The summed E-state index contributed by atoms with van der Waals surface area (Å²) in [4.78, 5) is 28.2. The summed E-state index contributed by atoms with van der Waals surface area (Å²) in [7, 11) is 1.53. The number of anilines is 2. The molecule has 4 rings (SSSR count). The first-order valence-corrected chi connectivity index (χ1v) is 9.96. The molecule has 6 nitrogen and oxygen atoms in total. The van der Waals surface area contributed by atoms with Crippen molar-refractivity contribution in [2.24, 2.45) is 0 Å². The Balaban J connectivity index is 1.87. The molecule has 3 aromatic rings. The fraction of sp³-hybridized carbons (Fsp3) is 0.120. The van der Waals surface area contributed by atoms with E-state index in [4.69, 9.17) is 9.47 Å². The smallest absolute Gasteiger partial charge is 0.282 e. The van der Waals surface area contributed by atoms with Crippen molar-refractivity contribution in [3.63, 3.8) is 0 Å². The lowest BCUT2D eigenvalue weighted by Gasteiger charge is -2.16. The Morgan fingerprint density at radius 3 is 2.16 bits per heavy atom. The highest BCUT2D eigenvalue weighted by Crippen LogP contribution is 2.38. The lowest BCUT2D eigenvalue weighted by Crippen LogP contribution is -2.32. The fourth-order valence-electron chi connectivity index (χ4n) is 3.54. The molecule has 0 aromatic heterocycles. The SMILES string of the molecule is CCOc1ccccc1NC1=C(c2ccccc2OC)C(=O)N(c2ccccc2)C1=O. The molecule has 6 heteroatoms. The molecule has 1 aliphatic heterocycles. The lowest BCUT2D eigenvalue weighted by molar-refractivity contribution is -0.120. The maximum absolute atomic E-state index is 13.5. The highest BCUT2D eigenvalue weighted by molar-refractivity contribution is 6.46. The highest BCUT2D eigenvalue weighted by Gasteiger charge is 2.41. The van der Waals surface area contributed by atoms with Gasteiger partial charge in [-0.2, -0.15) is 0 Å². The predicted molar refractivity (Wildman–Crippen MR) is 120 cm³/mol. The number of amides is 2. The summed E-state index contributed by atoms with van der Waals surface area (Å²) in [5.41, 5.74) is 2.06. The zero-order valence-corrected chi connectivity index (χ0v) is 17.3. The van der Waals surface area contributed by atoms with Gasteiger partial charge in [-0.05, 0) is 37.3 Å². The van der Waals surface area contributed by atoms with Crippen LogP contribution in [-0.2, 0) is 9.59 Å². The first-order chi connectivity index (χ1) is 15.2. The number of imide groups is 1. The number of hydrogen-bond donors (Lipinski definition) is 1. The van der Waals surface area contributed by atoms with E-state index in [-0.39, 0.29) is 11.3 Å². The largest absolute Gasteiger partial charge is 0.496 e. The topological polar surface area (TPSA) is 67.9 Å². The van der Waals surface area contributed by atoms with Gasteiger partial charge in [0.05, 0.1) is 30.7 Å². The Labute approximate surface area is 180 Å². The van der Waals surface area contributed by atoms with Crippen LogP contribution in [0.5, 0.6) is 11.5 Å². The van der Waals surface area contributed by atoms with Crippen molar-refractivity contribution in [2.45, 2.75) is 6.92 Å². The summed E-state index contributed by atoms with van der Waals surface area (Å²) in [5, 5.41) is 3.16. The normalized spacial score (nSPS) is 13.5. The maximum Gasteiger partial charge on any atom is 0.282 e. The van der Waals surface area contributed by atoms with Gasteiger partial charge in [-0.3, -0.25) is 9.59 Å². The second-order valence-corrected chi connectivity index (χ2v) is 6.79. The second-order valence-electron chi connectivity index (χ2n) is 6.79. The zero-order valence-electron chi connectivity index (χ0n) is 17.3. The zero-order chi connectivity index (χ0) is 21.8. The van der Waals surface area contributed by atoms with E-state index in [1.54, 1.807) is 48.5 Å². The third-order valence-corrected chi connectivity index (χ3v) is 4.92. The summed E-state index contributed by atoms with van der Waals surface area (Å²) in [5.74, 6) is 0.238. The van der Waals surface area contributed by atoms with E-state index in [9.17, 15) is 9.59 Å². The van der Waals surface area contributed by atoms with Gasteiger partial charge in [0.1, 0.15) is 17.2 Å². The summed E-state index contributed by atoms with van der Waals surface area (Å²) in [6, 6.07) is 23.3. The number of benzene rings is 3. The summed E-state index contributed by atoms with van der Waals surface area (Å²) < 4.78 is 11.2. The third-order valence-electron chi connectivity index (χ3n) is 4.92. The molecule has 156 valence electrons. The number of methoxy groups -OCH3 is 1. The van der Waals surface area contributed by atoms with Crippen molar-refractivity contribution in [2.75, 3.05) is 23.9 Å². The monoisotopic (exact) mass is 414 g/mol. The Morgan fingerprint density at radius 1 is 0.806 bits per heavy atom. The Hall–Kier alpha value is -4.06. The summed E-state index contributed by atoms with van der Waals surface area (Å²) >= 11 is 0. The minimum absolute atomic E-state index is 0.172. The molecular weight excluding hydrogens is 392 g/mol. The van der Waals surface area contributed by atoms with Crippen molar-refractivity contribution in [1.29, 1.82) is 0 Å². The van der Waals surface area contributed by atoms with Crippen molar-refractivity contribution >= 4 is 28.8 Å². The lowest BCUT2D eigenvalue weighted by atomic mass is 10.0. The first-order valence-electron chi connectivity index (χ1n) is 9.96. The van der Waals surface area contributed by atoms with Gasteiger partial charge >= 0.3 is 0 Å². The molecule has 0 spiro atoms. The van der Waals surface area contributed by atoms with Gasteiger partial charge in [0.2, 0.25) is 0 Å². The molecule has 0 unspecified atom stereocenters. The van der Waals surface area contributed by atoms with E-state index in [0.29, 0.717) is 35.0 Å². The molecule has 0 saturated carbocycles. The van der Waals surface area contributed by atoms with Crippen LogP contribution >= 0.6 is 0 Å². The number of carbonyl (C=O) groups is 2. The van der Waals surface area contributed by atoms with E-state index in [2.05, 4.69) is 5.32 Å². The highest BCUT2D eigenvalue weighted by atomic mass is 16.5. The van der Waals surface area contributed by atoms with Crippen LogP contribution in [0.25, 0.3) is 5.57 Å². The minimum Gasteiger partial charge on any atom is -0.496 e. The van der Waals surface area contributed by atoms with Crippen LogP contribution in [0.4, 0.5) is 11.4 Å². The Bertz CT molecular complexity index is 1150. The molecule has 1 N–H and O–H groups in total. The van der Waals surface area contributed by atoms with Crippen molar-refractivity contribution in [3.8, 4) is 11.5 Å². The van der Waals surface area contributed by atoms with E-state index < -0.39 is 11.8 Å². The molecule has 31 heavy (non-hydrogen) atoms. The number of nitrogens with one attached hydrogen (secondary N) is 1. The second kappa shape index (κ2) is 8.75. The van der Waals surface area contributed by atoms with Crippen LogP contribution in [0.1, 0.15) is 12.5 Å². The van der Waals surface area contributed by atoms with Gasteiger partial charge in [-0.1, -0.05) is 48.5 Å². The quantitative estimate of drug-likeness (QED) is 0.577. The molecule has 1 heterocycles. The fourth-order valence-corrected chi connectivity index (χ4v) is 3.54. The summed E-state index contributed by atoms with van der Waals surface area (Å²) in [6.45, 7) is 2.36. The van der Waals surface area contributed by atoms with E-state index in [1.807, 2.05) is 37.3 Å². The maximum atomic E-state index is 13.5. The molecule has 0 fully saturated rings. The van der Waals surface area contributed by atoms with Crippen LogP contribution in [0.2, 0.25) is 0 Å². The number of carbonyl (C=O) groups excluding carboxylic acids is 2. The Morgan fingerprint density at radius 2 is 1.45 bits per heavy atom. The number of rotatable bonds is 7. The molecule has 0 radical (unpaired) electrons. The summed E-state index contributed by atoms with van der Waals surface area (Å²) in [6.07, 6.45) is 0. The van der Waals surface area contributed by atoms with Crippen LogP contribution < -0.4 is 19.7 Å². The molecule has 0 aliphatic carbocycles. The van der Waals surface area contributed by atoms with Crippen molar-refractivity contribution in [1.82, 2.24) is 0 Å². The van der Waals surface area contributed by atoms with Crippen LogP contribution in [-0.4, -0.2) is 25.5 Å².